The minimum Gasteiger partial charge on any atom is -0.351 e. The third-order valence-corrected chi connectivity index (χ3v) is 2.84. The van der Waals surface area contributed by atoms with Gasteiger partial charge in [-0.15, -0.1) is 0 Å². The lowest BCUT2D eigenvalue weighted by Crippen LogP contribution is -2.39. The van der Waals surface area contributed by atoms with Crippen LogP contribution < -0.4 is 5.32 Å². The Morgan fingerprint density at radius 3 is 2.47 bits per heavy atom. The van der Waals surface area contributed by atoms with E-state index in [1.165, 1.54) is 0 Å². The summed E-state index contributed by atoms with van der Waals surface area (Å²) in [6.45, 7) is 10.7. The number of amides is 2. The average Bonchev–Trinajstić information content (AvgIpc) is 2.42. The highest BCUT2D eigenvalue weighted by atomic mass is 16.2. The van der Waals surface area contributed by atoms with E-state index in [2.05, 4.69) is 5.32 Å². The second-order valence-corrected chi connectivity index (χ2v) is 6.35. The molecule has 1 rings (SSSR count). The Morgan fingerprint density at radius 1 is 1.47 bits per heavy atom. The molecular formula is C13H24N2O2. The maximum absolute atomic E-state index is 11.8. The Labute approximate surface area is 104 Å². The number of nitrogens with zero attached hydrogens (tertiary/aromatic N) is 1. The fourth-order valence-electron chi connectivity index (χ4n) is 2.09. The van der Waals surface area contributed by atoms with Crippen molar-refractivity contribution in [3.63, 3.8) is 0 Å². The maximum Gasteiger partial charge on any atom is 0.225 e. The van der Waals surface area contributed by atoms with Gasteiger partial charge in [-0.25, -0.2) is 0 Å². The smallest absolute Gasteiger partial charge is 0.225 e. The molecule has 0 spiro atoms. The van der Waals surface area contributed by atoms with Gasteiger partial charge in [0, 0.05) is 25.4 Å². The molecule has 1 aliphatic heterocycles. The normalized spacial score (nSPS) is 21.2. The highest BCUT2D eigenvalue weighted by Gasteiger charge is 2.32. The third-order valence-electron chi connectivity index (χ3n) is 2.84. The third kappa shape index (κ3) is 4.36. The summed E-state index contributed by atoms with van der Waals surface area (Å²) in [6, 6.07) is 0.201. The lowest BCUT2D eigenvalue weighted by atomic mass is 9.92. The van der Waals surface area contributed by atoms with E-state index in [4.69, 9.17) is 0 Å². The predicted octanol–water partition coefficient (Wildman–Crippen LogP) is 1.55. The van der Waals surface area contributed by atoms with Crippen LogP contribution in [0.3, 0.4) is 0 Å². The van der Waals surface area contributed by atoms with Crippen LogP contribution >= 0.6 is 0 Å². The molecule has 98 valence electrons. The van der Waals surface area contributed by atoms with Crippen molar-refractivity contribution in [2.24, 2.45) is 5.41 Å². The van der Waals surface area contributed by atoms with Crippen molar-refractivity contribution in [3.8, 4) is 0 Å². The SMILES string of the molecule is CC(C)N1CC(NC(=O)CC(C)(C)C)CC1=O. The minimum atomic E-state index is -0.0141. The molecule has 2 amide bonds. The predicted molar refractivity (Wildman–Crippen MR) is 67.5 cm³/mol. The van der Waals surface area contributed by atoms with Crippen molar-refractivity contribution in [2.75, 3.05) is 6.54 Å². The standard InChI is InChI=1S/C13H24N2O2/c1-9(2)15-8-10(6-12(15)17)14-11(16)7-13(3,4)5/h9-10H,6-8H2,1-5H3,(H,14,16). The molecule has 1 atom stereocenters. The number of hydrogen-bond donors (Lipinski definition) is 1. The quantitative estimate of drug-likeness (QED) is 0.813. The number of likely N-dealkylation sites (tertiary alicyclic amines) is 1. The van der Waals surface area contributed by atoms with E-state index >= 15 is 0 Å². The van der Waals surface area contributed by atoms with Crippen LogP contribution in [0, 0.1) is 5.41 Å². The Balaban J connectivity index is 2.45. The van der Waals surface area contributed by atoms with E-state index in [9.17, 15) is 9.59 Å². The van der Waals surface area contributed by atoms with Crippen molar-refractivity contribution in [1.82, 2.24) is 10.2 Å². The van der Waals surface area contributed by atoms with Crippen LogP contribution in [-0.2, 0) is 9.59 Å². The van der Waals surface area contributed by atoms with Gasteiger partial charge in [-0.2, -0.15) is 0 Å². The first-order chi connectivity index (χ1) is 7.69. The van der Waals surface area contributed by atoms with E-state index in [1.807, 2.05) is 39.5 Å². The fraction of sp³-hybridized carbons (Fsp3) is 0.846. The molecule has 0 radical (unpaired) electrons. The summed E-state index contributed by atoms with van der Waals surface area (Å²) < 4.78 is 0. The Morgan fingerprint density at radius 2 is 2.06 bits per heavy atom. The van der Waals surface area contributed by atoms with Gasteiger partial charge in [0.05, 0.1) is 6.04 Å². The highest BCUT2D eigenvalue weighted by Crippen LogP contribution is 2.19. The molecular weight excluding hydrogens is 216 g/mol. The topological polar surface area (TPSA) is 49.4 Å². The number of nitrogens with one attached hydrogen (secondary N) is 1. The van der Waals surface area contributed by atoms with Crippen molar-refractivity contribution in [3.05, 3.63) is 0 Å². The van der Waals surface area contributed by atoms with Crippen LogP contribution in [0.15, 0.2) is 0 Å². The molecule has 4 nitrogen and oxygen atoms in total. The van der Waals surface area contributed by atoms with Crippen LogP contribution in [0.5, 0.6) is 0 Å². The highest BCUT2D eigenvalue weighted by molar-refractivity contribution is 5.82. The molecule has 0 aromatic carbocycles. The zero-order chi connectivity index (χ0) is 13.2. The van der Waals surface area contributed by atoms with Gasteiger partial charge in [-0.1, -0.05) is 20.8 Å². The lowest BCUT2D eigenvalue weighted by molar-refractivity contribution is -0.129. The van der Waals surface area contributed by atoms with E-state index in [0.717, 1.165) is 0 Å². The molecule has 1 aliphatic rings. The van der Waals surface area contributed by atoms with Crippen LogP contribution in [-0.4, -0.2) is 35.3 Å². The number of rotatable bonds is 3. The number of carbonyl (C=O) groups is 2. The molecule has 0 aliphatic carbocycles. The van der Waals surface area contributed by atoms with Crippen LogP contribution in [0.2, 0.25) is 0 Å². The number of hydrogen-bond acceptors (Lipinski definition) is 2. The van der Waals surface area contributed by atoms with Gasteiger partial charge < -0.3 is 10.2 Å². The summed E-state index contributed by atoms with van der Waals surface area (Å²) >= 11 is 0. The molecule has 0 bridgehead atoms. The van der Waals surface area contributed by atoms with Gasteiger partial charge in [-0.05, 0) is 19.3 Å². The molecule has 1 saturated heterocycles. The molecule has 0 aromatic heterocycles. The van der Waals surface area contributed by atoms with Gasteiger partial charge in [0.25, 0.3) is 0 Å². The molecule has 1 fully saturated rings. The second kappa shape index (κ2) is 5.07. The first kappa shape index (κ1) is 14.0. The summed E-state index contributed by atoms with van der Waals surface area (Å²) in [7, 11) is 0. The summed E-state index contributed by atoms with van der Waals surface area (Å²) in [5, 5.41) is 2.95. The molecule has 17 heavy (non-hydrogen) atoms. The minimum absolute atomic E-state index is 0.00949. The van der Waals surface area contributed by atoms with Gasteiger partial charge >= 0.3 is 0 Å². The average molecular weight is 240 g/mol. The summed E-state index contributed by atoms with van der Waals surface area (Å²) in [5.41, 5.74) is -0.00949. The number of carbonyl (C=O) groups excluding carboxylic acids is 2. The Kier molecular flexibility index (Phi) is 4.17. The zero-order valence-electron chi connectivity index (χ0n) is 11.5. The molecule has 4 heteroatoms. The zero-order valence-corrected chi connectivity index (χ0v) is 11.5. The van der Waals surface area contributed by atoms with Crippen molar-refractivity contribution in [1.29, 1.82) is 0 Å². The largest absolute Gasteiger partial charge is 0.351 e. The second-order valence-electron chi connectivity index (χ2n) is 6.35. The van der Waals surface area contributed by atoms with Gasteiger partial charge in [-0.3, -0.25) is 9.59 Å². The molecule has 1 N–H and O–H groups in total. The van der Waals surface area contributed by atoms with E-state index < -0.39 is 0 Å². The monoisotopic (exact) mass is 240 g/mol. The van der Waals surface area contributed by atoms with Crippen LogP contribution in [0.4, 0.5) is 0 Å². The first-order valence-electron chi connectivity index (χ1n) is 6.28. The summed E-state index contributed by atoms with van der Waals surface area (Å²) in [6.07, 6.45) is 0.938. The van der Waals surface area contributed by atoms with E-state index in [-0.39, 0.29) is 29.3 Å². The molecule has 1 unspecified atom stereocenters. The van der Waals surface area contributed by atoms with Crippen molar-refractivity contribution in [2.45, 2.75) is 59.5 Å². The first-order valence-corrected chi connectivity index (χ1v) is 6.28. The van der Waals surface area contributed by atoms with Gasteiger partial charge in [0.2, 0.25) is 11.8 Å². The van der Waals surface area contributed by atoms with Crippen molar-refractivity contribution >= 4 is 11.8 Å². The van der Waals surface area contributed by atoms with E-state index in [1.54, 1.807) is 0 Å². The summed E-state index contributed by atoms with van der Waals surface area (Å²) in [4.78, 5) is 25.2. The molecule has 1 heterocycles. The Bertz CT molecular complexity index is 305. The van der Waals surface area contributed by atoms with Crippen LogP contribution in [0.25, 0.3) is 0 Å². The molecule has 0 saturated carbocycles. The summed E-state index contributed by atoms with van der Waals surface area (Å²) in [5.74, 6) is 0.182. The Hall–Kier alpha value is -1.06. The van der Waals surface area contributed by atoms with Crippen LogP contribution in [0.1, 0.15) is 47.5 Å². The van der Waals surface area contributed by atoms with Crippen molar-refractivity contribution < 1.29 is 9.59 Å². The molecule has 0 aromatic rings. The maximum atomic E-state index is 11.8. The van der Waals surface area contributed by atoms with E-state index in [0.29, 0.717) is 19.4 Å². The lowest BCUT2D eigenvalue weighted by Gasteiger charge is -2.22. The van der Waals surface area contributed by atoms with Gasteiger partial charge in [0.1, 0.15) is 0 Å². The fourth-order valence-corrected chi connectivity index (χ4v) is 2.09. The van der Waals surface area contributed by atoms with Gasteiger partial charge in [0.15, 0.2) is 0 Å².